The van der Waals surface area contributed by atoms with Crippen LogP contribution in [0, 0.1) is 24.3 Å². The summed E-state index contributed by atoms with van der Waals surface area (Å²) in [6, 6.07) is 17.1. The molecule has 5 nitrogen and oxygen atoms in total. The molecule has 0 unspecified atom stereocenters. The topological polar surface area (TPSA) is 40.5 Å². The van der Waals surface area contributed by atoms with Gasteiger partial charge in [0.15, 0.2) is 0 Å². The first-order valence-electron chi connectivity index (χ1n) is 12.7. The van der Waals surface area contributed by atoms with Gasteiger partial charge in [0.1, 0.15) is 0 Å². The molecule has 2 heterocycles. The summed E-state index contributed by atoms with van der Waals surface area (Å²) in [6.45, 7) is 15.4. The van der Waals surface area contributed by atoms with Gasteiger partial charge in [0, 0.05) is 59.9 Å². The first-order valence-corrected chi connectivity index (χ1v) is 13.7. The Morgan fingerprint density at radius 3 is 2.40 bits per heavy atom. The van der Waals surface area contributed by atoms with Gasteiger partial charge >= 0.3 is 0 Å². The van der Waals surface area contributed by atoms with E-state index in [0.29, 0.717) is 6.54 Å². The van der Waals surface area contributed by atoms with Crippen molar-refractivity contribution in [1.29, 1.82) is 0 Å². The fourth-order valence-corrected chi connectivity index (χ4v) is 5.39. The molecule has 1 aliphatic rings. The Morgan fingerprint density at radius 2 is 1.71 bits per heavy atom. The molecule has 1 aromatic heterocycles. The van der Waals surface area contributed by atoms with E-state index in [1.54, 1.807) is 0 Å². The molecular formula is C29H37IN4O. The molecule has 0 radical (unpaired) electrons. The molecule has 6 heteroatoms. The quantitative estimate of drug-likeness (QED) is 0.275. The smallest absolute Gasteiger partial charge is 0.253 e. The largest absolute Gasteiger partial charge is 0.369 e. The summed E-state index contributed by atoms with van der Waals surface area (Å²) in [5.41, 5.74) is 8.18. The summed E-state index contributed by atoms with van der Waals surface area (Å²) in [6.07, 6.45) is 0.965. The molecule has 1 aliphatic heterocycles. The first-order chi connectivity index (χ1) is 16.9. The van der Waals surface area contributed by atoms with E-state index in [4.69, 9.17) is 0 Å². The molecule has 186 valence electrons. The van der Waals surface area contributed by atoms with Crippen LogP contribution >= 0.6 is 22.6 Å². The van der Waals surface area contributed by atoms with Crippen LogP contribution in [0.1, 0.15) is 40.5 Å². The number of hydrogen-bond acceptors (Lipinski definition) is 3. The van der Waals surface area contributed by atoms with Crippen LogP contribution in [0.4, 0.5) is 5.69 Å². The maximum atomic E-state index is 13.0. The number of nitrogens with one attached hydrogen (secondary N) is 1. The normalized spacial score (nSPS) is 14.4. The first kappa shape index (κ1) is 25.8. The van der Waals surface area contributed by atoms with Crippen LogP contribution in [0.3, 0.4) is 0 Å². The third-order valence-electron chi connectivity index (χ3n) is 7.29. The molecular weight excluding hydrogens is 547 g/mol. The highest BCUT2D eigenvalue weighted by molar-refractivity contribution is 14.1. The second-order valence-corrected chi connectivity index (χ2v) is 10.7. The molecule has 2 aromatic carbocycles. The standard InChI is InChI=1S/C29H37IN4O/c1-5-34-23(4)26(20-28(34)24-10-12-25(30)13-11-24)29(35)31-14-7-15-32-16-18-33(19-17-32)27-9-6-8-21(2)22(27)3/h6,8-13,20H,5,7,14-19H2,1-4H3,(H,31,35). The maximum absolute atomic E-state index is 13.0. The minimum absolute atomic E-state index is 0.0289. The van der Waals surface area contributed by atoms with Gasteiger partial charge in [-0.3, -0.25) is 9.69 Å². The number of piperazine rings is 1. The molecule has 0 bridgehead atoms. The van der Waals surface area contributed by atoms with Gasteiger partial charge in [-0.05, 0) is 104 Å². The number of aryl methyl sites for hydroxylation is 1. The zero-order valence-corrected chi connectivity index (χ0v) is 23.6. The molecule has 0 aliphatic carbocycles. The number of amides is 1. The summed E-state index contributed by atoms with van der Waals surface area (Å²) in [5, 5.41) is 3.16. The number of carbonyl (C=O) groups excluding carboxylic acids is 1. The summed E-state index contributed by atoms with van der Waals surface area (Å²) in [5.74, 6) is 0.0289. The van der Waals surface area contributed by atoms with Crippen LogP contribution in [0.15, 0.2) is 48.5 Å². The van der Waals surface area contributed by atoms with E-state index in [0.717, 1.165) is 68.2 Å². The van der Waals surface area contributed by atoms with Gasteiger partial charge in [0.2, 0.25) is 0 Å². The summed E-state index contributed by atoms with van der Waals surface area (Å²) < 4.78 is 3.44. The summed E-state index contributed by atoms with van der Waals surface area (Å²) >= 11 is 2.32. The van der Waals surface area contributed by atoms with Crippen molar-refractivity contribution in [1.82, 2.24) is 14.8 Å². The second-order valence-electron chi connectivity index (χ2n) is 9.44. The molecule has 0 saturated carbocycles. The van der Waals surface area contributed by atoms with Crippen LogP contribution in [0.2, 0.25) is 0 Å². The van der Waals surface area contributed by atoms with Crippen LogP contribution < -0.4 is 10.2 Å². The minimum atomic E-state index is 0.0289. The maximum Gasteiger partial charge on any atom is 0.253 e. The monoisotopic (exact) mass is 584 g/mol. The SMILES string of the molecule is CCn1c(-c2ccc(I)cc2)cc(C(=O)NCCCN2CCN(c3cccc(C)c3C)CC2)c1C. The molecule has 0 atom stereocenters. The van der Waals surface area contributed by atoms with E-state index in [1.165, 1.54) is 20.4 Å². The number of benzene rings is 2. The van der Waals surface area contributed by atoms with Crippen LogP contribution in [-0.2, 0) is 6.54 Å². The minimum Gasteiger partial charge on any atom is -0.369 e. The number of hydrogen-bond donors (Lipinski definition) is 1. The molecule has 3 aromatic rings. The van der Waals surface area contributed by atoms with Crippen molar-refractivity contribution in [2.45, 2.75) is 40.7 Å². The predicted molar refractivity (Wildman–Crippen MR) is 155 cm³/mol. The third kappa shape index (κ3) is 5.92. The fraction of sp³-hybridized carbons (Fsp3) is 0.414. The van der Waals surface area contributed by atoms with Crippen molar-refractivity contribution in [3.63, 3.8) is 0 Å². The third-order valence-corrected chi connectivity index (χ3v) is 8.01. The van der Waals surface area contributed by atoms with Crippen molar-refractivity contribution in [2.75, 3.05) is 44.2 Å². The summed E-state index contributed by atoms with van der Waals surface area (Å²) in [7, 11) is 0. The van der Waals surface area contributed by atoms with Crippen molar-refractivity contribution >= 4 is 34.2 Å². The van der Waals surface area contributed by atoms with Crippen LogP contribution in [-0.4, -0.2) is 54.6 Å². The summed E-state index contributed by atoms with van der Waals surface area (Å²) in [4.78, 5) is 18.0. The Hall–Kier alpha value is -2.32. The number of anilines is 1. The molecule has 1 fully saturated rings. The van der Waals surface area contributed by atoms with Crippen molar-refractivity contribution in [3.8, 4) is 11.3 Å². The lowest BCUT2D eigenvalue weighted by atomic mass is 10.1. The predicted octanol–water partition coefficient (Wildman–Crippen LogP) is 5.65. The molecule has 1 saturated heterocycles. The zero-order chi connectivity index (χ0) is 24.9. The average molecular weight is 585 g/mol. The van der Waals surface area contributed by atoms with Crippen molar-refractivity contribution in [2.24, 2.45) is 0 Å². The van der Waals surface area contributed by atoms with E-state index >= 15 is 0 Å². The van der Waals surface area contributed by atoms with Gasteiger partial charge in [0.05, 0.1) is 5.56 Å². The Morgan fingerprint density at radius 1 is 1.00 bits per heavy atom. The van der Waals surface area contributed by atoms with E-state index in [1.807, 2.05) is 13.0 Å². The lowest BCUT2D eigenvalue weighted by Gasteiger charge is -2.37. The van der Waals surface area contributed by atoms with Gasteiger partial charge < -0.3 is 14.8 Å². The zero-order valence-electron chi connectivity index (χ0n) is 21.4. The van der Waals surface area contributed by atoms with Crippen LogP contribution in [0.5, 0.6) is 0 Å². The van der Waals surface area contributed by atoms with E-state index in [2.05, 4.69) is 106 Å². The average Bonchev–Trinajstić information content (AvgIpc) is 3.20. The Bertz CT molecular complexity index is 1160. The van der Waals surface area contributed by atoms with Crippen molar-refractivity contribution in [3.05, 3.63) is 74.5 Å². The Labute approximate surface area is 223 Å². The Balaban J connectivity index is 1.27. The van der Waals surface area contributed by atoms with Gasteiger partial charge in [-0.25, -0.2) is 0 Å². The number of carbonyl (C=O) groups is 1. The van der Waals surface area contributed by atoms with Gasteiger partial charge in [-0.2, -0.15) is 0 Å². The highest BCUT2D eigenvalue weighted by Gasteiger charge is 2.20. The Kier molecular flexibility index (Phi) is 8.55. The molecule has 4 rings (SSSR count). The lowest BCUT2D eigenvalue weighted by Crippen LogP contribution is -2.47. The number of halogens is 1. The molecule has 35 heavy (non-hydrogen) atoms. The van der Waals surface area contributed by atoms with Crippen molar-refractivity contribution < 1.29 is 4.79 Å². The number of nitrogens with zero attached hydrogens (tertiary/aromatic N) is 3. The molecule has 1 N–H and O–H groups in total. The second kappa shape index (κ2) is 11.6. The van der Waals surface area contributed by atoms with E-state index in [9.17, 15) is 4.79 Å². The highest BCUT2D eigenvalue weighted by atomic mass is 127. The van der Waals surface area contributed by atoms with E-state index in [-0.39, 0.29) is 5.91 Å². The van der Waals surface area contributed by atoms with Gasteiger partial charge in [-0.15, -0.1) is 0 Å². The fourth-order valence-electron chi connectivity index (χ4n) is 5.03. The highest BCUT2D eigenvalue weighted by Crippen LogP contribution is 2.27. The lowest BCUT2D eigenvalue weighted by molar-refractivity contribution is 0.0950. The number of rotatable bonds is 8. The van der Waals surface area contributed by atoms with Gasteiger partial charge in [-0.1, -0.05) is 24.3 Å². The molecule has 1 amide bonds. The number of aromatic nitrogens is 1. The van der Waals surface area contributed by atoms with Gasteiger partial charge in [0.25, 0.3) is 5.91 Å². The van der Waals surface area contributed by atoms with E-state index < -0.39 is 0 Å². The molecule has 0 spiro atoms. The van der Waals surface area contributed by atoms with Crippen LogP contribution in [0.25, 0.3) is 11.3 Å².